The van der Waals surface area contributed by atoms with Gasteiger partial charge in [0, 0.05) is 0 Å². The number of cyclic esters (lactones) is 2. The van der Waals surface area contributed by atoms with Crippen LogP contribution >= 0.6 is 20.7 Å². The molecule has 1 heterocycles. The van der Waals surface area contributed by atoms with Gasteiger partial charge in [-0.1, -0.05) is 0 Å². The Morgan fingerprint density at radius 3 is 2.35 bits per heavy atom. The van der Waals surface area contributed by atoms with Gasteiger partial charge in [0.2, 0.25) is 0 Å². The number of hydrogen-bond acceptors (Lipinski definition) is 6. The number of esters is 2. The third-order valence-electron chi connectivity index (χ3n) is 3.06. The van der Waals surface area contributed by atoms with Crippen molar-refractivity contribution in [2.45, 2.75) is 40.0 Å². The number of rotatable bonds is 0. The first kappa shape index (κ1) is 18.5. The molecule has 0 aliphatic carbocycles. The SMILES string of the molecule is [CH3][Sn]1([CH3])[CH2]CCCCCSCC(=O)OCOC(=O)C[S]1. The number of ether oxygens (including phenoxy) is 2. The fourth-order valence-corrected chi connectivity index (χ4v) is 13.1. The average Bonchev–Trinajstić information content (AvgIpc) is 2.38. The molecule has 0 saturated carbocycles. The molecule has 0 amide bonds. The summed E-state index contributed by atoms with van der Waals surface area (Å²) in [5, 5.41) is 0. The van der Waals surface area contributed by atoms with Gasteiger partial charge in [0.1, 0.15) is 0 Å². The molecule has 0 unspecified atom stereocenters. The summed E-state index contributed by atoms with van der Waals surface area (Å²) in [5.41, 5.74) is 0. The molecule has 0 bridgehead atoms. The summed E-state index contributed by atoms with van der Waals surface area (Å²) in [5.74, 6) is 1.16. The van der Waals surface area contributed by atoms with Crippen molar-refractivity contribution in [3.05, 3.63) is 0 Å². The zero-order valence-electron chi connectivity index (χ0n) is 12.3. The molecule has 7 heteroatoms. The van der Waals surface area contributed by atoms with Crippen LogP contribution in [0.25, 0.3) is 0 Å². The van der Waals surface area contributed by atoms with Gasteiger partial charge in [-0.25, -0.2) is 0 Å². The Balaban J connectivity index is 2.40. The standard InChI is InChI=1S/C11H19O4S2.2CH3.Sn/c1-2-3-4-5-6-17-8-11(13)15-9-14-10(12)7-16;;;/h16H,1-9H2;2*1H3;/q;;;+1/p-1. The fourth-order valence-electron chi connectivity index (χ4n) is 1.83. The van der Waals surface area contributed by atoms with E-state index in [1.165, 1.54) is 23.7 Å². The molecule has 0 aromatic rings. The van der Waals surface area contributed by atoms with Gasteiger partial charge in [-0.15, -0.1) is 0 Å². The topological polar surface area (TPSA) is 52.6 Å². The molecule has 1 aliphatic heterocycles. The summed E-state index contributed by atoms with van der Waals surface area (Å²) in [4.78, 5) is 27.7. The maximum absolute atomic E-state index is 11.6. The maximum atomic E-state index is 11.6. The normalized spacial score (nSPS) is 23.7. The quantitative estimate of drug-likeness (QED) is 0.437. The van der Waals surface area contributed by atoms with E-state index in [0.717, 1.165) is 12.2 Å². The first-order valence-corrected chi connectivity index (χ1v) is 20.4. The van der Waals surface area contributed by atoms with E-state index in [0.29, 0.717) is 11.5 Å². The van der Waals surface area contributed by atoms with Crippen molar-refractivity contribution in [3.63, 3.8) is 0 Å². The third kappa shape index (κ3) is 9.39. The van der Waals surface area contributed by atoms with Crippen LogP contribution < -0.4 is 0 Å². The van der Waals surface area contributed by atoms with E-state index in [-0.39, 0.29) is 18.7 Å². The molecule has 0 spiro atoms. The van der Waals surface area contributed by atoms with Crippen LogP contribution in [0, 0.1) is 0 Å². The van der Waals surface area contributed by atoms with Crippen LogP contribution in [0.4, 0.5) is 0 Å². The van der Waals surface area contributed by atoms with E-state index in [1.54, 1.807) is 11.8 Å². The van der Waals surface area contributed by atoms with Crippen molar-refractivity contribution < 1.29 is 19.1 Å². The Labute approximate surface area is 132 Å². The Morgan fingerprint density at radius 1 is 0.950 bits per heavy atom. The molecule has 1 rings (SSSR count). The molecule has 20 heavy (non-hydrogen) atoms. The van der Waals surface area contributed by atoms with Gasteiger partial charge in [-0.05, 0) is 0 Å². The van der Waals surface area contributed by atoms with E-state index in [2.05, 4.69) is 9.88 Å². The minimum atomic E-state index is -2.12. The third-order valence-corrected chi connectivity index (χ3v) is 19.0. The zero-order chi connectivity index (χ0) is 14.8. The summed E-state index contributed by atoms with van der Waals surface area (Å²) in [6.45, 7) is -0.241. The number of carbonyl (C=O) groups excluding carboxylic acids is 2. The molecule has 1 saturated heterocycles. The molecule has 1 fully saturated rings. The van der Waals surface area contributed by atoms with E-state index in [4.69, 9.17) is 9.47 Å². The molecular formula is C13H24O4S2Sn. The van der Waals surface area contributed by atoms with Crippen molar-refractivity contribution in [2.75, 3.05) is 24.1 Å². The second kappa shape index (κ2) is 10.2. The molecule has 0 atom stereocenters. The Bertz CT molecular complexity index is 323. The van der Waals surface area contributed by atoms with Gasteiger partial charge in [-0.2, -0.15) is 0 Å². The van der Waals surface area contributed by atoms with Gasteiger partial charge >= 0.3 is 133 Å². The molecule has 1 aliphatic rings. The van der Waals surface area contributed by atoms with Crippen LogP contribution in [0.5, 0.6) is 0 Å². The molecule has 0 N–H and O–H groups in total. The molecule has 116 valence electrons. The van der Waals surface area contributed by atoms with Gasteiger partial charge in [0.25, 0.3) is 0 Å². The fraction of sp³-hybridized carbons (Fsp3) is 0.846. The van der Waals surface area contributed by atoms with Crippen molar-refractivity contribution in [2.24, 2.45) is 0 Å². The van der Waals surface area contributed by atoms with Crippen molar-refractivity contribution >= 4 is 49.6 Å². The average molecular weight is 427 g/mol. The number of carbonyl (C=O) groups is 2. The molecule has 0 aromatic carbocycles. The second-order valence-corrected chi connectivity index (χ2v) is 28.5. The van der Waals surface area contributed by atoms with Crippen LogP contribution in [-0.2, 0) is 19.1 Å². The van der Waals surface area contributed by atoms with Crippen LogP contribution in [-0.4, -0.2) is 53.0 Å². The second-order valence-electron chi connectivity index (χ2n) is 5.42. The summed E-state index contributed by atoms with van der Waals surface area (Å²) in [6.07, 6.45) is 4.93. The molecular weight excluding hydrogens is 403 g/mol. The first-order chi connectivity index (χ1) is 9.49. The Hall–Kier alpha value is 0.439. The Kier molecular flexibility index (Phi) is 9.44. The van der Waals surface area contributed by atoms with E-state index < -0.39 is 17.0 Å². The monoisotopic (exact) mass is 428 g/mol. The van der Waals surface area contributed by atoms with Crippen molar-refractivity contribution in [1.82, 2.24) is 0 Å². The summed E-state index contributed by atoms with van der Waals surface area (Å²) in [6, 6.07) is 0. The first-order valence-electron chi connectivity index (χ1n) is 7.02. The predicted molar refractivity (Wildman–Crippen MR) is 87.6 cm³/mol. The van der Waals surface area contributed by atoms with Gasteiger partial charge in [-0.3, -0.25) is 0 Å². The molecule has 0 radical (unpaired) electrons. The number of thioether (sulfide) groups is 1. The Morgan fingerprint density at radius 2 is 1.60 bits per heavy atom. The van der Waals surface area contributed by atoms with E-state index in [1.807, 2.05) is 8.95 Å². The van der Waals surface area contributed by atoms with Gasteiger partial charge < -0.3 is 0 Å². The van der Waals surface area contributed by atoms with Gasteiger partial charge in [0.15, 0.2) is 0 Å². The summed E-state index contributed by atoms with van der Waals surface area (Å²) >= 11 is -0.524. The summed E-state index contributed by atoms with van der Waals surface area (Å²) in [7, 11) is 1.81. The van der Waals surface area contributed by atoms with E-state index in [9.17, 15) is 9.59 Å². The number of hydrogen-bond donors (Lipinski definition) is 0. The minimum absolute atomic E-state index is 0.241. The van der Waals surface area contributed by atoms with Gasteiger partial charge in [0.05, 0.1) is 0 Å². The van der Waals surface area contributed by atoms with Crippen LogP contribution in [0.1, 0.15) is 25.7 Å². The van der Waals surface area contributed by atoms with Crippen LogP contribution in [0.15, 0.2) is 0 Å². The van der Waals surface area contributed by atoms with E-state index >= 15 is 0 Å². The summed E-state index contributed by atoms with van der Waals surface area (Å²) < 4.78 is 11.1. The van der Waals surface area contributed by atoms with Crippen LogP contribution in [0.2, 0.25) is 14.3 Å². The molecule has 4 nitrogen and oxygen atoms in total. The van der Waals surface area contributed by atoms with Crippen molar-refractivity contribution in [3.8, 4) is 0 Å². The van der Waals surface area contributed by atoms with Crippen molar-refractivity contribution in [1.29, 1.82) is 0 Å². The predicted octanol–water partition coefficient (Wildman–Crippen LogP) is 3.28. The zero-order valence-corrected chi connectivity index (χ0v) is 16.8. The van der Waals surface area contributed by atoms with Crippen LogP contribution in [0.3, 0.4) is 0 Å². The molecule has 0 aromatic heterocycles.